The molecule has 0 aliphatic carbocycles. The number of halogens is 4. The van der Waals surface area contributed by atoms with Crippen LogP contribution in [-0.4, -0.2) is 25.5 Å². The molecule has 1 aromatic carbocycles. The van der Waals surface area contributed by atoms with Gasteiger partial charge in [-0.05, 0) is 33.6 Å². The van der Waals surface area contributed by atoms with Crippen molar-refractivity contribution < 1.29 is 18.0 Å². The Morgan fingerprint density at radius 1 is 1.21 bits per heavy atom. The molecule has 148 valence electrons. The smallest absolute Gasteiger partial charge is 0.323 e. The zero-order valence-corrected chi connectivity index (χ0v) is 16.4. The van der Waals surface area contributed by atoms with Crippen molar-refractivity contribution in [2.45, 2.75) is 26.2 Å². The van der Waals surface area contributed by atoms with Crippen molar-refractivity contribution in [3.05, 3.63) is 64.7 Å². The number of rotatable bonds is 6. The molecule has 1 unspecified atom stereocenters. The number of hydrogen-bond donors (Lipinski definition) is 1. The number of amides is 1. The van der Waals surface area contributed by atoms with Gasteiger partial charge in [0, 0.05) is 12.4 Å². The van der Waals surface area contributed by atoms with E-state index in [9.17, 15) is 18.0 Å². The minimum atomic E-state index is -4.39. The summed E-state index contributed by atoms with van der Waals surface area (Å²) in [6.07, 6.45) is 2.07. The van der Waals surface area contributed by atoms with Crippen LogP contribution in [-0.2, 0) is 24.1 Å². The van der Waals surface area contributed by atoms with Crippen LogP contribution in [0.15, 0.2) is 53.5 Å². The van der Waals surface area contributed by atoms with E-state index >= 15 is 0 Å². The van der Waals surface area contributed by atoms with Gasteiger partial charge in [0.05, 0.1) is 47.1 Å². The van der Waals surface area contributed by atoms with Crippen LogP contribution in [0.3, 0.4) is 0 Å². The highest BCUT2D eigenvalue weighted by atomic mass is 79.9. The molecule has 6 nitrogen and oxygen atoms in total. The van der Waals surface area contributed by atoms with Crippen LogP contribution < -0.4 is 5.32 Å². The lowest BCUT2D eigenvalue weighted by molar-refractivity contribution is -0.137. The second-order valence-electron chi connectivity index (χ2n) is 6.40. The third-order valence-electron chi connectivity index (χ3n) is 4.01. The van der Waals surface area contributed by atoms with Gasteiger partial charge < -0.3 is 5.32 Å². The SMILES string of the molecule is CC(Cn1cc(Br)cn1)C(=O)Nc1cnn(Cc2cccc(C(F)(F)F)c2)c1. The van der Waals surface area contributed by atoms with E-state index in [4.69, 9.17) is 0 Å². The Hall–Kier alpha value is -2.62. The number of alkyl halides is 3. The van der Waals surface area contributed by atoms with Crippen molar-refractivity contribution in [2.75, 3.05) is 5.32 Å². The largest absolute Gasteiger partial charge is 0.416 e. The minimum absolute atomic E-state index is 0.163. The molecule has 0 spiro atoms. The molecule has 2 heterocycles. The number of carbonyl (C=O) groups excluding carboxylic acids is 1. The summed E-state index contributed by atoms with van der Waals surface area (Å²) in [6, 6.07) is 5.07. The minimum Gasteiger partial charge on any atom is -0.323 e. The zero-order chi connectivity index (χ0) is 20.3. The molecule has 0 radical (unpaired) electrons. The van der Waals surface area contributed by atoms with Gasteiger partial charge in [-0.25, -0.2) is 0 Å². The molecule has 1 amide bonds. The first kappa shape index (κ1) is 20.1. The summed E-state index contributed by atoms with van der Waals surface area (Å²) >= 11 is 3.30. The Morgan fingerprint density at radius 2 is 1.96 bits per heavy atom. The van der Waals surface area contributed by atoms with Crippen LogP contribution in [0.25, 0.3) is 0 Å². The molecule has 3 aromatic rings. The lowest BCUT2D eigenvalue weighted by Gasteiger charge is -2.11. The van der Waals surface area contributed by atoms with Crippen molar-refractivity contribution in [3.8, 4) is 0 Å². The molecular formula is C18H17BrF3N5O. The summed E-state index contributed by atoms with van der Waals surface area (Å²) in [5.41, 5.74) is 0.240. The van der Waals surface area contributed by atoms with E-state index in [1.165, 1.54) is 16.9 Å². The van der Waals surface area contributed by atoms with Crippen molar-refractivity contribution in [1.82, 2.24) is 19.6 Å². The molecule has 0 saturated carbocycles. The number of carbonyl (C=O) groups is 1. The van der Waals surface area contributed by atoms with Crippen LogP contribution in [0.5, 0.6) is 0 Å². The predicted molar refractivity (Wildman–Crippen MR) is 100 cm³/mol. The molecule has 0 bridgehead atoms. The van der Waals surface area contributed by atoms with E-state index in [2.05, 4.69) is 31.4 Å². The second-order valence-corrected chi connectivity index (χ2v) is 7.31. The summed E-state index contributed by atoms with van der Waals surface area (Å²) in [7, 11) is 0. The number of nitrogens with one attached hydrogen (secondary N) is 1. The van der Waals surface area contributed by atoms with Gasteiger partial charge >= 0.3 is 6.18 Å². The summed E-state index contributed by atoms with van der Waals surface area (Å²) in [4.78, 5) is 12.3. The van der Waals surface area contributed by atoms with Crippen LogP contribution in [0.2, 0.25) is 0 Å². The molecule has 0 saturated heterocycles. The molecule has 2 aromatic heterocycles. The van der Waals surface area contributed by atoms with Gasteiger partial charge in [-0.3, -0.25) is 14.2 Å². The van der Waals surface area contributed by atoms with Crippen LogP contribution in [0.4, 0.5) is 18.9 Å². The molecule has 1 N–H and O–H groups in total. The average Bonchev–Trinajstić information content (AvgIpc) is 3.23. The van der Waals surface area contributed by atoms with E-state index in [1.54, 1.807) is 36.3 Å². The monoisotopic (exact) mass is 455 g/mol. The van der Waals surface area contributed by atoms with Crippen LogP contribution in [0.1, 0.15) is 18.1 Å². The van der Waals surface area contributed by atoms with E-state index in [0.717, 1.165) is 16.6 Å². The third-order valence-corrected chi connectivity index (χ3v) is 4.42. The summed E-state index contributed by atoms with van der Waals surface area (Å²) < 4.78 is 42.4. The average molecular weight is 456 g/mol. The molecular weight excluding hydrogens is 439 g/mol. The second kappa shape index (κ2) is 8.17. The van der Waals surface area contributed by atoms with Crippen molar-refractivity contribution in [2.24, 2.45) is 5.92 Å². The maximum absolute atomic E-state index is 12.8. The first-order valence-corrected chi connectivity index (χ1v) is 9.17. The van der Waals surface area contributed by atoms with Gasteiger partial charge in [0.25, 0.3) is 0 Å². The van der Waals surface area contributed by atoms with E-state index in [-0.39, 0.29) is 18.4 Å². The van der Waals surface area contributed by atoms with Crippen molar-refractivity contribution >= 4 is 27.5 Å². The highest BCUT2D eigenvalue weighted by Crippen LogP contribution is 2.29. The molecule has 0 aliphatic heterocycles. The van der Waals surface area contributed by atoms with Gasteiger partial charge in [-0.2, -0.15) is 23.4 Å². The lowest BCUT2D eigenvalue weighted by atomic mass is 10.1. The normalized spacial score (nSPS) is 12.8. The molecule has 0 aliphatic rings. The topological polar surface area (TPSA) is 64.7 Å². The molecule has 28 heavy (non-hydrogen) atoms. The maximum atomic E-state index is 12.8. The zero-order valence-electron chi connectivity index (χ0n) is 14.8. The van der Waals surface area contributed by atoms with Gasteiger partial charge in [0.1, 0.15) is 0 Å². The van der Waals surface area contributed by atoms with Crippen LogP contribution >= 0.6 is 15.9 Å². The number of nitrogens with zero attached hydrogens (tertiary/aromatic N) is 4. The third kappa shape index (κ3) is 5.22. The van der Waals surface area contributed by atoms with Gasteiger partial charge in [0.15, 0.2) is 0 Å². The highest BCUT2D eigenvalue weighted by Gasteiger charge is 2.30. The van der Waals surface area contributed by atoms with E-state index in [1.807, 2.05) is 0 Å². The fourth-order valence-electron chi connectivity index (χ4n) is 2.61. The molecule has 1 atom stereocenters. The maximum Gasteiger partial charge on any atom is 0.416 e. The van der Waals surface area contributed by atoms with Crippen molar-refractivity contribution in [3.63, 3.8) is 0 Å². The molecule has 10 heteroatoms. The Bertz CT molecular complexity index is 966. The molecule has 0 fully saturated rings. The standard InChI is InChI=1S/C18H17BrF3N5O/c1-12(8-26-10-15(19)6-23-26)17(28)25-16-7-24-27(11-16)9-13-3-2-4-14(5-13)18(20,21)22/h2-7,10-12H,8-9H2,1H3,(H,25,28). The number of hydrogen-bond acceptors (Lipinski definition) is 3. The Kier molecular flexibility index (Phi) is 5.87. The lowest BCUT2D eigenvalue weighted by Crippen LogP contribution is -2.24. The van der Waals surface area contributed by atoms with Crippen molar-refractivity contribution in [1.29, 1.82) is 0 Å². The number of benzene rings is 1. The van der Waals surface area contributed by atoms with E-state index in [0.29, 0.717) is 17.8 Å². The number of aromatic nitrogens is 4. The molecule has 3 rings (SSSR count). The quantitative estimate of drug-likeness (QED) is 0.606. The Labute approximate surface area is 167 Å². The number of anilines is 1. The van der Waals surface area contributed by atoms with Gasteiger partial charge in [-0.1, -0.05) is 19.1 Å². The Balaban J connectivity index is 1.60. The summed E-state index contributed by atoms with van der Waals surface area (Å²) in [6.45, 7) is 2.35. The van der Waals surface area contributed by atoms with E-state index < -0.39 is 11.7 Å². The van der Waals surface area contributed by atoms with Crippen LogP contribution in [0, 0.1) is 5.92 Å². The van der Waals surface area contributed by atoms with Gasteiger partial charge in [0.2, 0.25) is 5.91 Å². The van der Waals surface area contributed by atoms with Gasteiger partial charge in [-0.15, -0.1) is 0 Å². The first-order valence-electron chi connectivity index (χ1n) is 8.38. The highest BCUT2D eigenvalue weighted by molar-refractivity contribution is 9.10. The summed E-state index contributed by atoms with van der Waals surface area (Å²) in [5.74, 6) is -0.538. The Morgan fingerprint density at radius 3 is 2.64 bits per heavy atom. The predicted octanol–water partition coefficient (Wildman–Crippen LogP) is 4.18. The fourth-order valence-corrected chi connectivity index (χ4v) is 2.94. The summed E-state index contributed by atoms with van der Waals surface area (Å²) in [5, 5.41) is 11.0. The first-order chi connectivity index (χ1) is 13.2. The fraction of sp³-hybridized carbons (Fsp3) is 0.278.